The molecule has 0 bridgehead atoms. The lowest BCUT2D eigenvalue weighted by molar-refractivity contribution is -0.131. The van der Waals surface area contributed by atoms with E-state index in [4.69, 9.17) is 4.74 Å². The summed E-state index contributed by atoms with van der Waals surface area (Å²) in [5.41, 5.74) is 0.889. The van der Waals surface area contributed by atoms with Crippen LogP contribution >= 0.6 is 0 Å². The van der Waals surface area contributed by atoms with Crippen LogP contribution in [0.4, 0.5) is 4.79 Å². The van der Waals surface area contributed by atoms with E-state index in [1.165, 1.54) is 0 Å². The number of hydrogen-bond acceptors (Lipinski definition) is 3. The summed E-state index contributed by atoms with van der Waals surface area (Å²) in [7, 11) is 3.58. The average Bonchev–Trinajstić information content (AvgIpc) is 3.23. The van der Waals surface area contributed by atoms with Crippen LogP contribution in [-0.4, -0.2) is 72.5 Å². The van der Waals surface area contributed by atoms with Crippen molar-refractivity contribution in [1.29, 1.82) is 0 Å². The minimum absolute atomic E-state index is 0.0619. The number of fused-ring (bicyclic) bond motifs is 1. The van der Waals surface area contributed by atoms with Crippen molar-refractivity contribution in [3.05, 3.63) is 29.8 Å². The van der Waals surface area contributed by atoms with E-state index >= 15 is 0 Å². The molecule has 0 aliphatic carbocycles. The standard InChI is InChI=1S/C22H31N3O3/c1-23(2)21(27)25-13-9-22(10-14-25)16-17(15-20(26)24-11-5-6-12-24)18-7-3-4-8-19(18)28-22/h3-4,7-8,17H,5-6,9-16H2,1-2H3/t17-/m0/s1. The number of nitrogens with zero attached hydrogens (tertiary/aromatic N) is 3. The molecule has 28 heavy (non-hydrogen) atoms. The van der Waals surface area contributed by atoms with Crippen molar-refractivity contribution < 1.29 is 14.3 Å². The summed E-state index contributed by atoms with van der Waals surface area (Å²) in [5.74, 6) is 1.38. The van der Waals surface area contributed by atoms with E-state index in [0.29, 0.717) is 19.5 Å². The molecular formula is C22H31N3O3. The van der Waals surface area contributed by atoms with Crippen molar-refractivity contribution in [3.63, 3.8) is 0 Å². The third-order valence-corrected chi connectivity index (χ3v) is 6.51. The highest BCUT2D eigenvalue weighted by atomic mass is 16.5. The monoisotopic (exact) mass is 385 g/mol. The number of ether oxygens (including phenoxy) is 1. The Hall–Kier alpha value is -2.24. The fraction of sp³-hybridized carbons (Fsp3) is 0.636. The number of likely N-dealkylation sites (tertiary alicyclic amines) is 2. The highest BCUT2D eigenvalue weighted by Crippen LogP contribution is 2.46. The summed E-state index contributed by atoms with van der Waals surface area (Å²) in [6.45, 7) is 3.20. The molecule has 0 unspecified atom stereocenters. The average molecular weight is 386 g/mol. The van der Waals surface area contributed by atoms with Gasteiger partial charge in [0.1, 0.15) is 11.4 Å². The lowest BCUT2D eigenvalue weighted by Crippen LogP contribution is -2.53. The molecule has 1 aromatic rings. The summed E-state index contributed by atoms with van der Waals surface area (Å²) in [5, 5.41) is 0. The van der Waals surface area contributed by atoms with Crippen LogP contribution in [0.5, 0.6) is 5.75 Å². The smallest absolute Gasteiger partial charge is 0.319 e. The molecule has 3 aliphatic heterocycles. The topological polar surface area (TPSA) is 53.1 Å². The molecule has 152 valence electrons. The largest absolute Gasteiger partial charge is 0.487 e. The molecule has 3 aliphatic rings. The van der Waals surface area contributed by atoms with Gasteiger partial charge in [-0.3, -0.25) is 4.79 Å². The minimum atomic E-state index is -0.270. The van der Waals surface area contributed by atoms with Crippen LogP contribution in [0.3, 0.4) is 0 Å². The van der Waals surface area contributed by atoms with Gasteiger partial charge in [-0.25, -0.2) is 4.79 Å². The van der Waals surface area contributed by atoms with Crippen molar-refractivity contribution in [2.45, 2.75) is 50.0 Å². The third kappa shape index (κ3) is 3.69. The Labute approximate surface area is 167 Å². The van der Waals surface area contributed by atoms with Crippen LogP contribution < -0.4 is 4.74 Å². The fourth-order valence-electron chi connectivity index (χ4n) is 4.93. The molecule has 1 spiro atoms. The Bertz CT molecular complexity index is 734. The SMILES string of the molecule is CN(C)C(=O)N1CCC2(CC1)C[C@H](CC(=O)N1CCCC1)c1ccccc1O2. The molecule has 1 atom stereocenters. The van der Waals surface area contributed by atoms with Gasteiger partial charge in [-0.1, -0.05) is 18.2 Å². The first-order valence-corrected chi connectivity index (χ1v) is 10.5. The van der Waals surface area contributed by atoms with E-state index in [0.717, 1.165) is 56.5 Å². The van der Waals surface area contributed by atoms with E-state index in [1.54, 1.807) is 19.0 Å². The lowest BCUT2D eigenvalue weighted by Gasteiger charge is -2.47. The maximum atomic E-state index is 12.8. The molecule has 0 aromatic heterocycles. The van der Waals surface area contributed by atoms with Gasteiger partial charge in [0, 0.05) is 65.5 Å². The van der Waals surface area contributed by atoms with Gasteiger partial charge in [0.25, 0.3) is 0 Å². The number of rotatable bonds is 2. The Balaban J connectivity index is 1.50. The van der Waals surface area contributed by atoms with Crippen LogP contribution in [0.2, 0.25) is 0 Å². The molecular weight excluding hydrogens is 354 g/mol. The van der Waals surface area contributed by atoms with Gasteiger partial charge in [-0.2, -0.15) is 0 Å². The van der Waals surface area contributed by atoms with Crippen molar-refractivity contribution >= 4 is 11.9 Å². The maximum absolute atomic E-state index is 12.8. The molecule has 3 amide bonds. The first kappa shape index (κ1) is 19.1. The Morgan fingerprint density at radius 2 is 1.75 bits per heavy atom. The number of amides is 3. The van der Waals surface area contributed by atoms with Crippen LogP contribution in [0.15, 0.2) is 24.3 Å². The lowest BCUT2D eigenvalue weighted by atomic mass is 9.76. The van der Waals surface area contributed by atoms with E-state index in [9.17, 15) is 9.59 Å². The summed E-state index contributed by atoms with van der Waals surface area (Å²) in [6, 6.07) is 8.23. The number of hydrogen-bond donors (Lipinski definition) is 0. The summed E-state index contributed by atoms with van der Waals surface area (Å²) >= 11 is 0. The van der Waals surface area contributed by atoms with Gasteiger partial charge in [-0.05, 0) is 30.9 Å². The van der Waals surface area contributed by atoms with E-state index in [-0.39, 0.29) is 23.5 Å². The highest BCUT2D eigenvalue weighted by molar-refractivity contribution is 5.77. The van der Waals surface area contributed by atoms with Crippen LogP contribution in [0.25, 0.3) is 0 Å². The van der Waals surface area contributed by atoms with Gasteiger partial charge in [0.05, 0.1) is 0 Å². The molecule has 2 saturated heterocycles. The number of piperidine rings is 1. The second-order valence-corrected chi connectivity index (χ2v) is 8.68. The van der Waals surface area contributed by atoms with Crippen molar-refractivity contribution in [2.75, 3.05) is 40.3 Å². The molecule has 1 aromatic carbocycles. The summed E-state index contributed by atoms with van der Waals surface area (Å²) < 4.78 is 6.51. The van der Waals surface area contributed by atoms with E-state index in [2.05, 4.69) is 6.07 Å². The summed E-state index contributed by atoms with van der Waals surface area (Å²) in [4.78, 5) is 30.7. The zero-order valence-corrected chi connectivity index (χ0v) is 17.0. The quantitative estimate of drug-likeness (QED) is 0.786. The number of carbonyl (C=O) groups excluding carboxylic acids is 2. The Kier molecular flexibility index (Phi) is 5.21. The molecule has 0 N–H and O–H groups in total. The Morgan fingerprint density at radius 3 is 2.43 bits per heavy atom. The van der Waals surface area contributed by atoms with Gasteiger partial charge >= 0.3 is 6.03 Å². The second-order valence-electron chi connectivity index (χ2n) is 8.68. The first-order valence-electron chi connectivity index (χ1n) is 10.5. The molecule has 0 radical (unpaired) electrons. The second kappa shape index (κ2) is 7.64. The van der Waals surface area contributed by atoms with E-state index < -0.39 is 0 Å². The summed E-state index contributed by atoms with van der Waals surface area (Å²) in [6.07, 6.45) is 5.28. The zero-order chi connectivity index (χ0) is 19.7. The van der Waals surface area contributed by atoms with Gasteiger partial charge < -0.3 is 19.4 Å². The fourth-order valence-corrected chi connectivity index (χ4v) is 4.93. The van der Waals surface area contributed by atoms with Gasteiger partial charge in [0.2, 0.25) is 5.91 Å². The normalized spacial score (nSPS) is 23.3. The number of urea groups is 1. The predicted octanol–water partition coefficient (Wildman–Crippen LogP) is 3.08. The predicted molar refractivity (Wildman–Crippen MR) is 107 cm³/mol. The molecule has 0 saturated carbocycles. The van der Waals surface area contributed by atoms with E-state index in [1.807, 2.05) is 28.0 Å². The highest BCUT2D eigenvalue weighted by Gasteiger charge is 2.44. The minimum Gasteiger partial charge on any atom is -0.487 e. The zero-order valence-electron chi connectivity index (χ0n) is 17.0. The number of carbonyl (C=O) groups is 2. The molecule has 4 rings (SSSR count). The van der Waals surface area contributed by atoms with Crippen LogP contribution in [0, 0.1) is 0 Å². The third-order valence-electron chi connectivity index (χ3n) is 6.51. The van der Waals surface area contributed by atoms with Crippen molar-refractivity contribution in [1.82, 2.24) is 14.7 Å². The molecule has 6 nitrogen and oxygen atoms in total. The number of para-hydroxylation sites is 1. The Morgan fingerprint density at radius 1 is 1.07 bits per heavy atom. The first-order chi connectivity index (χ1) is 13.5. The van der Waals surface area contributed by atoms with Crippen molar-refractivity contribution in [2.24, 2.45) is 0 Å². The van der Waals surface area contributed by atoms with Crippen molar-refractivity contribution in [3.8, 4) is 5.75 Å². The molecule has 6 heteroatoms. The maximum Gasteiger partial charge on any atom is 0.319 e. The van der Waals surface area contributed by atoms with Crippen LogP contribution in [-0.2, 0) is 4.79 Å². The van der Waals surface area contributed by atoms with Gasteiger partial charge in [0.15, 0.2) is 0 Å². The molecule has 2 fully saturated rings. The van der Waals surface area contributed by atoms with Gasteiger partial charge in [-0.15, -0.1) is 0 Å². The molecule has 3 heterocycles. The number of benzene rings is 1. The van der Waals surface area contributed by atoms with Crippen LogP contribution in [0.1, 0.15) is 50.0 Å².